The summed E-state index contributed by atoms with van der Waals surface area (Å²) in [6.07, 6.45) is 8.08. The third kappa shape index (κ3) is 3.92. The second-order valence-corrected chi connectivity index (χ2v) is 8.49. The molecule has 1 heterocycles. The number of hydrogen-bond donors (Lipinski definition) is 3. The fraction of sp³-hybridized carbons (Fsp3) is 0.650. The van der Waals surface area contributed by atoms with Crippen molar-refractivity contribution in [3.05, 3.63) is 35.9 Å². The molecule has 3 fully saturated rings. The topological polar surface area (TPSA) is 28.5 Å². The van der Waals surface area contributed by atoms with Gasteiger partial charge >= 0.3 is 0 Å². The van der Waals surface area contributed by atoms with Gasteiger partial charge in [-0.15, -0.1) is 0 Å². The number of nitrogens with one attached hydrogen (secondary N) is 3. The van der Waals surface area contributed by atoms with Gasteiger partial charge in [0.25, 0.3) is 0 Å². The Kier molecular flexibility index (Phi) is 5.04. The summed E-state index contributed by atoms with van der Waals surface area (Å²) in [6, 6.07) is 12.1. The quantitative estimate of drug-likeness (QED) is 0.729. The zero-order chi connectivity index (χ0) is 16.4. The van der Waals surface area contributed by atoms with E-state index in [0.29, 0.717) is 12.1 Å². The van der Waals surface area contributed by atoms with Gasteiger partial charge in [0, 0.05) is 30.5 Å². The zero-order valence-electron chi connectivity index (χ0n) is 14.5. The maximum atomic E-state index is 5.59. The van der Waals surface area contributed by atoms with Crippen molar-refractivity contribution in [2.24, 2.45) is 11.8 Å². The first-order valence-electron chi connectivity index (χ1n) is 9.71. The second kappa shape index (κ2) is 7.40. The van der Waals surface area contributed by atoms with Crippen LogP contribution in [0.25, 0.3) is 0 Å². The van der Waals surface area contributed by atoms with E-state index in [2.05, 4.69) is 41.0 Å². The summed E-state index contributed by atoms with van der Waals surface area (Å²) < 4.78 is 0. The number of fused-ring (bicyclic) bond motifs is 2. The second-order valence-electron chi connectivity index (χ2n) is 8.09. The number of benzene rings is 1. The molecule has 3 nitrogen and oxygen atoms in total. The maximum Gasteiger partial charge on any atom is 0.166 e. The molecule has 2 saturated carbocycles. The normalized spacial score (nSPS) is 34.9. The number of piperidine rings is 1. The summed E-state index contributed by atoms with van der Waals surface area (Å²) in [5, 5.41) is 8.13. The van der Waals surface area contributed by atoms with Crippen LogP contribution in [0.15, 0.2) is 30.3 Å². The lowest BCUT2D eigenvalue weighted by atomic mass is 9.95. The third-order valence-electron chi connectivity index (χ3n) is 6.38. The molecule has 1 saturated heterocycles. The van der Waals surface area contributed by atoms with E-state index < -0.39 is 0 Å². The Morgan fingerprint density at radius 1 is 1.00 bits per heavy atom. The van der Waals surface area contributed by atoms with Crippen LogP contribution in [0.2, 0.25) is 0 Å². The van der Waals surface area contributed by atoms with Gasteiger partial charge in [-0.2, -0.15) is 0 Å². The van der Waals surface area contributed by atoms with E-state index in [-0.39, 0.29) is 0 Å². The zero-order valence-corrected chi connectivity index (χ0v) is 15.3. The lowest BCUT2D eigenvalue weighted by molar-refractivity contribution is -0.918. The van der Waals surface area contributed by atoms with Gasteiger partial charge in [-0.3, -0.25) is 0 Å². The molecular formula is C20H30N3S+. The van der Waals surface area contributed by atoms with Crippen LogP contribution in [0.5, 0.6) is 0 Å². The molecule has 3 N–H and O–H groups in total. The number of quaternary nitrogens is 1. The van der Waals surface area contributed by atoms with Gasteiger partial charge in [0.2, 0.25) is 0 Å². The number of hydrogen-bond acceptors (Lipinski definition) is 1. The van der Waals surface area contributed by atoms with Gasteiger partial charge in [-0.1, -0.05) is 36.8 Å². The molecule has 24 heavy (non-hydrogen) atoms. The molecule has 1 aromatic rings. The van der Waals surface area contributed by atoms with Crippen LogP contribution in [0.1, 0.15) is 44.1 Å². The highest BCUT2D eigenvalue weighted by Crippen LogP contribution is 2.44. The van der Waals surface area contributed by atoms with Gasteiger partial charge in [0.05, 0.1) is 13.1 Å². The van der Waals surface area contributed by atoms with E-state index in [1.807, 2.05) is 0 Å². The number of rotatable bonds is 4. The van der Waals surface area contributed by atoms with Crippen LogP contribution < -0.4 is 15.5 Å². The highest BCUT2D eigenvalue weighted by Gasteiger charge is 2.39. The average Bonchev–Trinajstić information content (AvgIpc) is 3.20. The third-order valence-corrected chi connectivity index (χ3v) is 6.62. The molecule has 0 amide bonds. The Morgan fingerprint density at radius 2 is 1.79 bits per heavy atom. The van der Waals surface area contributed by atoms with E-state index in [1.54, 1.807) is 4.90 Å². The molecule has 130 valence electrons. The van der Waals surface area contributed by atoms with E-state index in [9.17, 15) is 0 Å². The Bertz CT molecular complexity index is 553. The van der Waals surface area contributed by atoms with Gasteiger partial charge in [0.1, 0.15) is 6.54 Å². The Morgan fingerprint density at radius 3 is 2.46 bits per heavy atom. The largest absolute Gasteiger partial charge is 0.360 e. The van der Waals surface area contributed by atoms with Crippen molar-refractivity contribution < 1.29 is 4.90 Å². The summed E-state index contributed by atoms with van der Waals surface area (Å²) in [5.41, 5.74) is 1.45. The first-order valence-corrected chi connectivity index (χ1v) is 10.1. The summed E-state index contributed by atoms with van der Waals surface area (Å²) in [5.74, 6) is 1.85. The molecule has 1 aliphatic heterocycles. The van der Waals surface area contributed by atoms with Crippen LogP contribution >= 0.6 is 12.2 Å². The highest BCUT2D eigenvalue weighted by atomic mass is 32.1. The predicted octanol–water partition coefficient (Wildman–Crippen LogP) is 1.89. The molecule has 2 aliphatic carbocycles. The van der Waals surface area contributed by atoms with Crippen LogP contribution in [0.3, 0.4) is 0 Å². The summed E-state index contributed by atoms with van der Waals surface area (Å²) in [6.45, 7) is 3.63. The van der Waals surface area contributed by atoms with Gasteiger partial charge in [0.15, 0.2) is 5.11 Å². The molecule has 3 atom stereocenters. The molecule has 0 unspecified atom stereocenters. The molecular weight excluding hydrogens is 314 g/mol. The first kappa shape index (κ1) is 16.3. The van der Waals surface area contributed by atoms with Gasteiger partial charge in [-0.05, 0) is 43.3 Å². The Labute approximate surface area is 151 Å². The lowest BCUT2D eigenvalue weighted by Gasteiger charge is -2.32. The summed E-state index contributed by atoms with van der Waals surface area (Å²) >= 11 is 5.59. The van der Waals surface area contributed by atoms with Crippen molar-refractivity contribution in [3.63, 3.8) is 0 Å². The maximum absolute atomic E-state index is 5.59. The minimum atomic E-state index is 0.558. The molecule has 1 aromatic carbocycles. The van der Waals surface area contributed by atoms with Crippen LogP contribution in [0, 0.1) is 11.8 Å². The molecule has 2 bridgehead atoms. The minimum absolute atomic E-state index is 0.558. The van der Waals surface area contributed by atoms with Crippen molar-refractivity contribution in [1.29, 1.82) is 0 Å². The van der Waals surface area contributed by atoms with Crippen molar-refractivity contribution in [1.82, 2.24) is 10.6 Å². The predicted molar refractivity (Wildman–Crippen MR) is 102 cm³/mol. The standard InChI is InChI=1S/C20H29N3S/c24-20(22-19-13-16-6-7-17(19)12-16)21-18-8-10-23(11-9-18)14-15-4-2-1-3-5-15/h1-5,16-19H,6-14H2,(H2,21,22,24)/p+1/t16-,17-,19-/m1/s1. The molecule has 4 rings (SSSR count). The smallest absolute Gasteiger partial charge is 0.166 e. The molecule has 0 aromatic heterocycles. The number of likely N-dealkylation sites (tertiary alicyclic amines) is 1. The van der Waals surface area contributed by atoms with E-state index in [4.69, 9.17) is 12.2 Å². The molecule has 3 aliphatic rings. The average molecular weight is 345 g/mol. The molecule has 4 heteroatoms. The fourth-order valence-electron chi connectivity index (χ4n) is 5.05. The van der Waals surface area contributed by atoms with E-state index >= 15 is 0 Å². The Balaban J connectivity index is 1.18. The minimum Gasteiger partial charge on any atom is -0.360 e. The van der Waals surface area contributed by atoms with Gasteiger partial charge in [-0.25, -0.2) is 0 Å². The van der Waals surface area contributed by atoms with Crippen LogP contribution in [-0.2, 0) is 6.54 Å². The van der Waals surface area contributed by atoms with E-state index in [1.165, 1.54) is 57.2 Å². The van der Waals surface area contributed by atoms with Gasteiger partial charge < -0.3 is 15.5 Å². The highest BCUT2D eigenvalue weighted by molar-refractivity contribution is 7.80. The van der Waals surface area contributed by atoms with Crippen LogP contribution in [0.4, 0.5) is 0 Å². The fourth-order valence-corrected chi connectivity index (χ4v) is 5.37. The molecule has 0 spiro atoms. The van der Waals surface area contributed by atoms with Crippen molar-refractivity contribution in [2.75, 3.05) is 13.1 Å². The monoisotopic (exact) mass is 344 g/mol. The lowest BCUT2D eigenvalue weighted by Crippen LogP contribution is -3.12. The van der Waals surface area contributed by atoms with Crippen molar-refractivity contribution in [3.8, 4) is 0 Å². The van der Waals surface area contributed by atoms with Crippen molar-refractivity contribution >= 4 is 17.3 Å². The Hall–Kier alpha value is -1.13. The van der Waals surface area contributed by atoms with Crippen LogP contribution in [-0.4, -0.2) is 30.3 Å². The molecule has 0 radical (unpaired) electrons. The number of thiocarbonyl (C=S) groups is 1. The SMILES string of the molecule is S=C(NC1CC[NH+](Cc2ccccc2)CC1)N[C@@H]1C[C@@H]2CC[C@@H]1C2. The summed E-state index contributed by atoms with van der Waals surface area (Å²) in [7, 11) is 0. The van der Waals surface area contributed by atoms with E-state index in [0.717, 1.165) is 23.5 Å². The van der Waals surface area contributed by atoms with Crippen molar-refractivity contribution in [2.45, 2.75) is 57.2 Å². The summed E-state index contributed by atoms with van der Waals surface area (Å²) in [4.78, 5) is 1.70. The first-order chi connectivity index (χ1) is 11.8.